The average molecular weight is 453 g/mol. The van der Waals surface area contributed by atoms with Crippen molar-refractivity contribution in [2.24, 2.45) is 0 Å². The van der Waals surface area contributed by atoms with Gasteiger partial charge in [-0.1, -0.05) is 12.1 Å². The van der Waals surface area contributed by atoms with E-state index in [4.69, 9.17) is 9.47 Å². The van der Waals surface area contributed by atoms with Crippen LogP contribution in [0, 0.1) is 6.92 Å². The van der Waals surface area contributed by atoms with Crippen LogP contribution in [0.15, 0.2) is 65.8 Å². The number of hydrogen-bond acceptors (Lipinski definition) is 6. The molecule has 0 unspecified atom stereocenters. The summed E-state index contributed by atoms with van der Waals surface area (Å²) in [5, 5.41) is 0. The molecular formula is C23H24N4O4S. The first-order valence-electron chi connectivity index (χ1n) is 10.2. The highest BCUT2D eigenvalue weighted by atomic mass is 32.2. The second kappa shape index (κ2) is 8.88. The molecule has 4 rings (SSSR count). The van der Waals surface area contributed by atoms with Gasteiger partial charge >= 0.3 is 0 Å². The van der Waals surface area contributed by atoms with Crippen LogP contribution < -0.4 is 14.2 Å². The summed E-state index contributed by atoms with van der Waals surface area (Å²) >= 11 is 0. The molecule has 0 aliphatic rings. The van der Waals surface area contributed by atoms with Gasteiger partial charge in [0.05, 0.1) is 18.9 Å². The predicted molar refractivity (Wildman–Crippen MR) is 123 cm³/mol. The summed E-state index contributed by atoms with van der Waals surface area (Å²) in [5.74, 6) is 1.41. The number of nitrogens with one attached hydrogen (secondary N) is 1. The lowest BCUT2D eigenvalue weighted by Crippen LogP contribution is -2.14. The number of benzene rings is 2. The van der Waals surface area contributed by atoms with Crippen molar-refractivity contribution in [3.05, 3.63) is 66.6 Å². The molecule has 0 amide bonds. The lowest BCUT2D eigenvalue weighted by molar-refractivity contribution is 0.317. The summed E-state index contributed by atoms with van der Waals surface area (Å²) in [7, 11) is -3.86. The van der Waals surface area contributed by atoms with Crippen molar-refractivity contribution in [2.45, 2.75) is 25.7 Å². The molecule has 0 radical (unpaired) electrons. The zero-order valence-electron chi connectivity index (χ0n) is 18.1. The Hall–Kier alpha value is -3.59. The Labute approximate surface area is 186 Å². The molecule has 2 aromatic heterocycles. The van der Waals surface area contributed by atoms with E-state index >= 15 is 0 Å². The number of imidazole rings is 1. The van der Waals surface area contributed by atoms with Gasteiger partial charge in [-0.2, -0.15) is 0 Å². The smallest absolute Gasteiger partial charge is 0.265 e. The van der Waals surface area contributed by atoms with E-state index in [1.54, 1.807) is 31.2 Å². The second-order valence-corrected chi connectivity index (χ2v) is 8.71. The van der Waals surface area contributed by atoms with Gasteiger partial charge in [0.1, 0.15) is 16.4 Å². The van der Waals surface area contributed by atoms with Crippen LogP contribution in [0.4, 0.5) is 5.69 Å². The van der Waals surface area contributed by atoms with E-state index in [0.717, 1.165) is 17.0 Å². The number of fused-ring (bicyclic) bond motifs is 1. The number of anilines is 1. The molecule has 0 saturated carbocycles. The fraction of sp³-hybridized carbons (Fsp3) is 0.217. The van der Waals surface area contributed by atoms with Crippen molar-refractivity contribution in [1.29, 1.82) is 0 Å². The van der Waals surface area contributed by atoms with Gasteiger partial charge in [0, 0.05) is 35.4 Å². The highest BCUT2D eigenvalue weighted by Gasteiger charge is 2.21. The highest BCUT2D eigenvalue weighted by molar-refractivity contribution is 7.92. The minimum absolute atomic E-state index is 0.0497. The second-order valence-electron chi connectivity index (χ2n) is 7.06. The topological polar surface area (TPSA) is 94.8 Å². The molecule has 0 saturated heterocycles. The third-order valence-electron chi connectivity index (χ3n) is 4.71. The van der Waals surface area contributed by atoms with Crippen LogP contribution in [0.5, 0.6) is 11.5 Å². The van der Waals surface area contributed by atoms with Gasteiger partial charge in [0.15, 0.2) is 0 Å². The highest BCUT2D eigenvalue weighted by Crippen LogP contribution is 2.31. The maximum atomic E-state index is 13.0. The molecule has 0 aliphatic carbocycles. The molecule has 32 heavy (non-hydrogen) atoms. The van der Waals surface area contributed by atoms with Crippen molar-refractivity contribution in [3.8, 4) is 22.8 Å². The molecular weight excluding hydrogens is 428 g/mol. The van der Waals surface area contributed by atoms with E-state index in [1.807, 2.05) is 48.8 Å². The van der Waals surface area contributed by atoms with Crippen LogP contribution in [0.1, 0.15) is 19.5 Å². The van der Waals surface area contributed by atoms with Crippen LogP contribution >= 0.6 is 0 Å². The normalized spacial score (nSPS) is 11.5. The third kappa shape index (κ3) is 4.52. The lowest BCUT2D eigenvalue weighted by Gasteiger charge is -2.14. The van der Waals surface area contributed by atoms with E-state index in [2.05, 4.69) is 14.7 Å². The van der Waals surface area contributed by atoms with E-state index < -0.39 is 10.0 Å². The number of nitrogens with zero attached hydrogens (tertiary/aromatic N) is 3. The molecule has 1 N–H and O–H groups in total. The maximum absolute atomic E-state index is 13.0. The van der Waals surface area contributed by atoms with Gasteiger partial charge in [-0.3, -0.25) is 9.12 Å². The Bertz CT molecular complexity index is 1350. The Balaban J connectivity index is 1.58. The molecule has 166 valence electrons. The first kappa shape index (κ1) is 21.6. The standard InChI is InChI=1S/C23H24N4O4S/c1-4-30-19-10-11-22(21(14-19)31-5-2)32(28,29)26-18-8-6-17(7-9-18)20-15-27-13-12-16(3)24-23(27)25-20/h6-15,26H,4-5H2,1-3H3. The van der Waals surface area contributed by atoms with Gasteiger partial charge in [-0.05, 0) is 51.1 Å². The molecule has 2 heterocycles. The number of aryl methyl sites for hydroxylation is 1. The molecule has 4 aromatic rings. The number of aromatic nitrogens is 3. The summed E-state index contributed by atoms with van der Waals surface area (Å²) in [6.07, 6.45) is 3.79. The van der Waals surface area contributed by atoms with Crippen LogP contribution in [-0.2, 0) is 10.0 Å². The van der Waals surface area contributed by atoms with Crippen molar-refractivity contribution in [1.82, 2.24) is 14.4 Å². The summed E-state index contributed by atoms with van der Waals surface area (Å²) in [5.41, 5.74) is 2.93. The van der Waals surface area contributed by atoms with Gasteiger partial charge in [0.2, 0.25) is 5.78 Å². The van der Waals surface area contributed by atoms with Crippen LogP contribution in [0.2, 0.25) is 0 Å². The first-order chi connectivity index (χ1) is 15.4. The number of rotatable bonds is 8. The summed E-state index contributed by atoms with van der Waals surface area (Å²) < 4.78 is 41.5. The van der Waals surface area contributed by atoms with Crippen molar-refractivity contribution >= 4 is 21.5 Å². The summed E-state index contributed by atoms with van der Waals surface area (Å²) in [6, 6.07) is 13.6. The number of sulfonamides is 1. The van der Waals surface area contributed by atoms with E-state index in [0.29, 0.717) is 30.4 Å². The van der Waals surface area contributed by atoms with Crippen LogP contribution in [0.25, 0.3) is 17.0 Å². The van der Waals surface area contributed by atoms with E-state index in [-0.39, 0.29) is 10.6 Å². The molecule has 0 spiro atoms. The van der Waals surface area contributed by atoms with Crippen molar-refractivity contribution < 1.29 is 17.9 Å². The van der Waals surface area contributed by atoms with Gasteiger partial charge < -0.3 is 9.47 Å². The Morgan fingerprint density at radius 2 is 1.72 bits per heavy atom. The van der Waals surface area contributed by atoms with E-state index in [9.17, 15) is 8.42 Å². The molecule has 0 bridgehead atoms. The van der Waals surface area contributed by atoms with Gasteiger partial charge in [-0.15, -0.1) is 0 Å². The molecule has 9 heteroatoms. The Morgan fingerprint density at radius 3 is 2.44 bits per heavy atom. The monoisotopic (exact) mass is 452 g/mol. The van der Waals surface area contributed by atoms with Gasteiger partial charge in [-0.25, -0.2) is 18.4 Å². The zero-order valence-corrected chi connectivity index (χ0v) is 18.9. The maximum Gasteiger partial charge on any atom is 0.265 e. The summed E-state index contributed by atoms with van der Waals surface area (Å²) in [6.45, 7) is 6.38. The fourth-order valence-corrected chi connectivity index (χ4v) is 4.44. The van der Waals surface area contributed by atoms with Crippen LogP contribution in [-0.4, -0.2) is 36.0 Å². The molecule has 0 aliphatic heterocycles. The zero-order chi connectivity index (χ0) is 22.7. The van der Waals surface area contributed by atoms with Gasteiger partial charge in [0.25, 0.3) is 10.0 Å². The third-order valence-corrected chi connectivity index (χ3v) is 6.13. The van der Waals surface area contributed by atoms with E-state index in [1.165, 1.54) is 6.07 Å². The average Bonchev–Trinajstić information content (AvgIpc) is 3.18. The predicted octanol–water partition coefficient (Wildman–Crippen LogP) is 4.30. The quantitative estimate of drug-likeness (QED) is 0.428. The summed E-state index contributed by atoms with van der Waals surface area (Å²) in [4.78, 5) is 8.99. The molecule has 8 nitrogen and oxygen atoms in total. The number of ether oxygens (including phenoxy) is 2. The molecule has 2 aromatic carbocycles. The minimum atomic E-state index is -3.86. The number of hydrogen-bond donors (Lipinski definition) is 1. The minimum Gasteiger partial charge on any atom is -0.494 e. The Morgan fingerprint density at radius 1 is 0.969 bits per heavy atom. The largest absolute Gasteiger partial charge is 0.494 e. The van der Waals surface area contributed by atoms with Crippen LogP contribution in [0.3, 0.4) is 0 Å². The SMILES string of the molecule is CCOc1ccc(S(=O)(=O)Nc2ccc(-c3cn4ccc(C)nc4n3)cc2)c(OCC)c1. The lowest BCUT2D eigenvalue weighted by atomic mass is 10.1. The Kier molecular flexibility index (Phi) is 6.00. The van der Waals surface area contributed by atoms with Crippen molar-refractivity contribution in [2.75, 3.05) is 17.9 Å². The fourth-order valence-electron chi connectivity index (χ4n) is 3.25. The molecule has 0 fully saturated rings. The first-order valence-corrected chi connectivity index (χ1v) is 11.7. The van der Waals surface area contributed by atoms with Crippen molar-refractivity contribution in [3.63, 3.8) is 0 Å². The molecule has 0 atom stereocenters.